The summed E-state index contributed by atoms with van der Waals surface area (Å²) in [4.78, 5) is 18.2. The number of carbonyl (C=O) groups is 1. The van der Waals surface area contributed by atoms with Gasteiger partial charge in [0.2, 0.25) is 0 Å². The van der Waals surface area contributed by atoms with Gasteiger partial charge in [0.15, 0.2) is 0 Å². The van der Waals surface area contributed by atoms with Gasteiger partial charge in [0.25, 0.3) is 5.91 Å². The molecule has 0 spiro atoms. The number of anilines is 2. The Hall–Kier alpha value is -2.57. The van der Waals surface area contributed by atoms with Crippen LogP contribution in [0.2, 0.25) is 0 Å². The monoisotopic (exact) mass is 323 g/mol. The van der Waals surface area contributed by atoms with E-state index in [2.05, 4.69) is 10.3 Å². The van der Waals surface area contributed by atoms with Crippen molar-refractivity contribution in [3.63, 3.8) is 0 Å². The Labute approximate surface area is 132 Å². The van der Waals surface area contributed by atoms with E-state index >= 15 is 0 Å². The lowest BCUT2D eigenvalue weighted by Crippen LogP contribution is -2.20. The largest absolute Gasteiger partial charge is 0.416 e. The quantitative estimate of drug-likeness (QED) is 0.936. The van der Waals surface area contributed by atoms with Crippen LogP contribution in [0, 0.1) is 6.92 Å². The molecule has 122 valence electrons. The van der Waals surface area contributed by atoms with Gasteiger partial charge in [0, 0.05) is 26.0 Å². The van der Waals surface area contributed by atoms with Crippen molar-refractivity contribution >= 4 is 17.4 Å². The number of aromatic nitrogens is 1. The Kier molecular flexibility index (Phi) is 4.58. The first-order valence-electron chi connectivity index (χ1n) is 6.82. The first-order valence-corrected chi connectivity index (χ1v) is 6.82. The van der Waals surface area contributed by atoms with Crippen LogP contribution in [-0.4, -0.2) is 25.0 Å². The molecule has 2 aromatic rings. The Morgan fingerprint density at radius 3 is 2.48 bits per heavy atom. The van der Waals surface area contributed by atoms with Crippen molar-refractivity contribution in [1.82, 2.24) is 4.98 Å². The number of rotatable bonds is 3. The number of carbonyl (C=O) groups excluding carboxylic acids is 1. The molecule has 0 aliphatic carbocycles. The summed E-state index contributed by atoms with van der Waals surface area (Å²) >= 11 is 0. The molecule has 4 nitrogen and oxygen atoms in total. The highest BCUT2D eigenvalue weighted by Gasteiger charge is 2.33. The molecule has 7 heteroatoms. The normalized spacial score (nSPS) is 11.2. The van der Waals surface area contributed by atoms with Crippen molar-refractivity contribution < 1.29 is 18.0 Å². The molecule has 0 fully saturated rings. The number of halogens is 3. The SMILES string of the molecule is Cc1c(NC(=O)c2cccnc2N(C)C)cccc1C(F)(F)F. The van der Waals surface area contributed by atoms with Gasteiger partial charge in [0.05, 0.1) is 11.1 Å². The Balaban J connectivity index is 2.36. The molecule has 1 aromatic heterocycles. The van der Waals surface area contributed by atoms with E-state index in [0.29, 0.717) is 5.82 Å². The number of benzene rings is 1. The zero-order valence-electron chi connectivity index (χ0n) is 12.9. The van der Waals surface area contributed by atoms with E-state index in [1.807, 2.05) is 0 Å². The number of nitrogens with one attached hydrogen (secondary N) is 1. The van der Waals surface area contributed by atoms with Gasteiger partial charge in [-0.1, -0.05) is 6.07 Å². The van der Waals surface area contributed by atoms with E-state index in [1.54, 1.807) is 37.3 Å². The molecule has 2 rings (SSSR count). The molecule has 23 heavy (non-hydrogen) atoms. The van der Waals surface area contributed by atoms with E-state index in [-0.39, 0.29) is 16.8 Å². The Morgan fingerprint density at radius 2 is 1.87 bits per heavy atom. The molecule has 0 saturated carbocycles. The summed E-state index contributed by atoms with van der Waals surface area (Å²) < 4.78 is 38.8. The first-order chi connectivity index (χ1) is 10.7. The average molecular weight is 323 g/mol. The summed E-state index contributed by atoms with van der Waals surface area (Å²) in [6.45, 7) is 1.33. The minimum atomic E-state index is -4.46. The van der Waals surface area contributed by atoms with Crippen LogP contribution in [0.15, 0.2) is 36.5 Å². The summed E-state index contributed by atoms with van der Waals surface area (Å²) in [6.07, 6.45) is -2.92. The van der Waals surface area contributed by atoms with Crippen molar-refractivity contribution in [1.29, 1.82) is 0 Å². The highest BCUT2D eigenvalue weighted by molar-refractivity contribution is 6.07. The van der Waals surface area contributed by atoms with Crippen LogP contribution >= 0.6 is 0 Å². The number of hydrogen-bond acceptors (Lipinski definition) is 3. The van der Waals surface area contributed by atoms with Crippen molar-refractivity contribution in [3.8, 4) is 0 Å². The van der Waals surface area contributed by atoms with E-state index in [4.69, 9.17) is 0 Å². The zero-order valence-corrected chi connectivity index (χ0v) is 12.9. The molecule has 0 atom stereocenters. The highest BCUT2D eigenvalue weighted by Crippen LogP contribution is 2.34. The molecule has 1 N–H and O–H groups in total. The van der Waals surface area contributed by atoms with Crippen molar-refractivity contribution in [2.24, 2.45) is 0 Å². The summed E-state index contributed by atoms with van der Waals surface area (Å²) in [6, 6.07) is 6.86. The second kappa shape index (κ2) is 6.28. The van der Waals surface area contributed by atoms with E-state index in [0.717, 1.165) is 6.07 Å². The van der Waals surface area contributed by atoms with Gasteiger partial charge < -0.3 is 10.2 Å². The van der Waals surface area contributed by atoms with E-state index in [9.17, 15) is 18.0 Å². The predicted octanol–water partition coefficient (Wildman–Crippen LogP) is 3.73. The molecule has 0 bridgehead atoms. The second-order valence-electron chi connectivity index (χ2n) is 5.20. The number of hydrogen-bond donors (Lipinski definition) is 1. The fourth-order valence-corrected chi connectivity index (χ4v) is 2.20. The first kappa shape index (κ1) is 16.8. The van der Waals surface area contributed by atoms with E-state index in [1.165, 1.54) is 19.1 Å². The van der Waals surface area contributed by atoms with Crippen molar-refractivity contribution in [2.45, 2.75) is 13.1 Å². The van der Waals surface area contributed by atoms with Crippen LogP contribution in [-0.2, 0) is 6.18 Å². The molecule has 1 aromatic carbocycles. The van der Waals surface area contributed by atoms with Crippen molar-refractivity contribution in [3.05, 3.63) is 53.2 Å². The third-order valence-corrected chi connectivity index (χ3v) is 3.34. The maximum absolute atomic E-state index is 12.9. The zero-order chi connectivity index (χ0) is 17.2. The minimum Gasteiger partial charge on any atom is -0.362 e. The molecular weight excluding hydrogens is 307 g/mol. The predicted molar refractivity (Wildman–Crippen MR) is 82.7 cm³/mol. The number of nitrogens with zero attached hydrogens (tertiary/aromatic N) is 2. The van der Waals surface area contributed by atoms with Gasteiger partial charge in [0.1, 0.15) is 5.82 Å². The number of alkyl halides is 3. The van der Waals surface area contributed by atoms with Crippen LogP contribution < -0.4 is 10.2 Å². The summed E-state index contributed by atoms with van der Waals surface area (Å²) in [7, 11) is 3.46. The van der Waals surface area contributed by atoms with Gasteiger partial charge in [-0.3, -0.25) is 4.79 Å². The Bertz CT molecular complexity index is 727. The Morgan fingerprint density at radius 1 is 1.17 bits per heavy atom. The summed E-state index contributed by atoms with van der Waals surface area (Å²) in [5, 5.41) is 2.53. The maximum atomic E-state index is 12.9. The van der Waals surface area contributed by atoms with Gasteiger partial charge in [-0.05, 0) is 36.8 Å². The minimum absolute atomic E-state index is 0.0244. The smallest absolute Gasteiger partial charge is 0.362 e. The number of pyridine rings is 1. The van der Waals surface area contributed by atoms with Gasteiger partial charge in [-0.15, -0.1) is 0 Å². The van der Waals surface area contributed by atoms with E-state index < -0.39 is 17.6 Å². The van der Waals surface area contributed by atoms with Gasteiger partial charge in [-0.25, -0.2) is 4.98 Å². The molecule has 0 radical (unpaired) electrons. The van der Waals surface area contributed by atoms with Crippen molar-refractivity contribution in [2.75, 3.05) is 24.3 Å². The number of amides is 1. The third kappa shape index (κ3) is 3.61. The van der Waals surface area contributed by atoms with Crippen LogP contribution in [0.5, 0.6) is 0 Å². The fraction of sp³-hybridized carbons (Fsp3) is 0.250. The lowest BCUT2D eigenvalue weighted by Gasteiger charge is -2.17. The molecule has 1 heterocycles. The maximum Gasteiger partial charge on any atom is 0.416 e. The fourth-order valence-electron chi connectivity index (χ4n) is 2.20. The van der Waals surface area contributed by atoms with Gasteiger partial charge >= 0.3 is 6.18 Å². The van der Waals surface area contributed by atoms with Crippen LogP contribution in [0.3, 0.4) is 0 Å². The molecule has 0 aliphatic rings. The lowest BCUT2D eigenvalue weighted by molar-refractivity contribution is -0.138. The summed E-state index contributed by atoms with van der Waals surface area (Å²) in [5.74, 6) is -0.0705. The van der Waals surface area contributed by atoms with Gasteiger partial charge in [-0.2, -0.15) is 13.2 Å². The highest BCUT2D eigenvalue weighted by atomic mass is 19.4. The van der Waals surface area contributed by atoms with Crippen LogP contribution in [0.4, 0.5) is 24.7 Å². The average Bonchev–Trinajstić information content (AvgIpc) is 2.48. The summed E-state index contributed by atoms with van der Waals surface area (Å²) in [5.41, 5.74) is -0.384. The second-order valence-corrected chi connectivity index (χ2v) is 5.20. The molecule has 0 aliphatic heterocycles. The van der Waals surface area contributed by atoms with Crippen LogP contribution in [0.1, 0.15) is 21.5 Å². The standard InChI is InChI=1S/C16H16F3N3O/c1-10-12(16(17,18)19)7-4-8-13(10)21-15(23)11-6-5-9-20-14(11)22(2)3/h4-9H,1-3H3,(H,21,23). The lowest BCUT2D eigenvalue weighted by atomic mass is 10.1. The molecule has 0 unspecified atom stereocenters. The third-order valence-electron chi connectivity index (χ3n) is 3.34. The topological polar surface area (TPSA) is 45.2 Å². The molecular formula is C16H16F3N3O. The molecule has 1 amide bonds. The van der Waals surface area contributed by atoms with Crippen LogP contribution in [0.25, 0.3) is 0 Å². The molecule has 0 saturated heterocycles.